The molecule has 0 bridgehead atoms. The van der Waals surface area contributed by atoms with E-state index in [1.54, 1.807) is 24.3 Å². The predicted molar refractivity (Wildman–Crippen MR) is 90.7 cm³/mol. The zero-order valence-corrected chi connectivity index (χ0v) is 13.8. The van der Waals surface area contributed by atoms with Gasteiger partial charge < -0.3 is 14.5 Å². The zero-order chi connectivity index (χ0) is 18.7. The number of nitrogens with one attached hydrogen (secondary N) is 2. The standard InChI is InChI=1S/C17H15N3O6/c1-25-16(23)11-6-7-26-13(11)8-18-14(21)9-20-12-5-3-2-4-10(12)15(22)19-17(20)24/h2-7H,8-9H2,1H3,(H,18,21)(H,19,22,24). The average molecular weight is 357 g/mol. The monoisotopic (exact) mass is 357 g/mol. The molecule has 0 aliphatic carbocycles. The Morgan fingerprint density at radius 1 is 1.23 bits per heavy atom. The molecule has 2 N–H and O–H groups in total. The minimum atomic E-state index is -0.683. The number of hydrogen-bond acceptors (Lipinski definition) is 6. The van der Waals surface area contributed by atoms with E-state index in [-0.39, 0.29) is 24.4 Å². The van der Waals surface area contributed by atoms with Crippen LogP contribution in [0.2, 0.25) is 0 Å². The van der Waals surface area contributed by atoms with Crippen LogP contribution >= 0.6 is 0 Å². The number of rotatable bonds is 5. The summed E-state index contributed by atoms with van der Waals surface area (Å²) in [6.07, 6.45) is 1.31. The van der Waals surface area contributed by atoms with E-state index in [9.17, 15) is 19.2 Å². The summed E-state index contributed by atoms with van der Waals surface area (Å²) in [5.41, 5.74) is -0.637. The van der Waals surface area contributed by atoms with Crippen molar-refractivity contribution in [1.29, 1.82) is 0 Å². The smallest absolute Gasteiger partial charge is 0.341 e. The largest absolute Gasteiger partial charge is 0.467 e. The van der Waals surface area contributed by atoms with Crippen molar-refractivity contribution in [3.8, 4) is 0 Å². The molecule has 2 aromatic heterocycles. The van der Waals surface area contributed by atoms with E-state index < -0.39 is 23.1 Å². The predicted octanol–water partition coefficient (Wildman–Crippen LogP) is 0.386. The van der Waals surface area contributed by atoms with E-state index in [1.807, 2.05) is 0 Å². The van der Waals surface area contributed by atoms with Crippen molar-refractivity contribution in [3.63, 3.8) is 0 Å². The van der Waals surface area contributed by atoms with Crippen LogP contribution in [0.15, 0.2) is 50.6 Å². The second kappa shape index (κ2) is 7.09. The second-order valence-electron chi connectivity index (χ2n) is 5.39. The molecule has 2 heterocycles. The Bertz CT molecular complexity index is 1090. The number of carbonyl (C=O) groups is 2. The Balaban J connectivity index is 1.79. The Morgan fingerprint density at radius 3 is 2.77 bits per heavy atom. The van der Waals surface area contributed by atoms with Gasteiger partial charge >= 0.3 is 11.7 Å². The number of fused-ring (bicyclic) bond motifs is 1. The van der Waals surface area contributed by atoms with E-state index in [2.05, 4.69) is 15.0 Å². The molecule has 0 fully saturated rings. The fourth-order valence-corrected chi connectivity index (χ4v) is 2.55. The van der Waals surface area contributed by atoms with E-state index in [0.29, 0.717) is 10.9 Å². The Kier molecular flexibility index (Phi) is 4.70. The second-order valence-corrected chi connectivity index (χ2v) is 5.39. The number of H-pyrrole nitrogens is 1. The Hall–Kier alpha value is -3.62. The van der Waals surface area contributed by atoms with E-state index in [4.69, 9.17) is 4.42 Å². The minimum absolute atomic E-state index is 0.0493. The van der Waals surface area contributed by atoms with Crippen LogP contribution in [-0.2, 0) is 22.6 Å². The van der Waals surface area contributed by atoms with Crippen LogP contribution in [0.5, 0.6) is 0 Å². The number of aromatic nitrogens is 2. The average Bonchev–Trinajstić information content (AvgIpc) is 3.11. The molecule has 9 heteroatoms. The van der Waals surface area contributed by atoms with Gasteiger partial charge in [-0.2, -0.15) is 0 Å². The normalized spacial score (nSPS) is 10.7. The maximum absolute atomic E-state index is 12.2. The summed E-state index contributed by atoms with van der Waals surface area (Å²) < 4.78 is 11.0. The molecular weight excluding hydrogens is 342 g/mol. The van der Waals surface area contributed by atoms with Gasteiger partial charge in [0.15, 0.2) is 0 Å². The number of nitrogens with zero attached hydrogens (tertiary/aromatic N) is 1. The first-order chi connectivity index (χ1) is 12.5. The third-order valence-corrected chi connectivity index (χ3v) is 3.80. The molecule has 0 saturated heterocycles. The van der Waals surface area contributed by atoms with Gasteiger partial charge in [0.2, 0.25) is 5.91 Å². The lowest BCUT2D eigenvalue weighted by molar-refractivity contribution is -0.121. The highest BCUT2D eigenvalue weighted by molar-refractivity contribution is 5.90. The first kappa shape index (κ1) is 17.2. The highest BCUT2D eigenvalue weighted by atomic mass is 16.5. The van der Waals surface area contributed by atoms with Crippen LogP contribution < -0.4 is 16.6 Å². The van der Waals surface area contributed by atoms with Crippen LogP contribution in [0.25, 0.3) is 10.9 Å². The lowest BCUT2D eigenvalue weighted by Gasteiger charge is -2.09. The molecule has 134 valence electrons. The molecule has 26 heavy (non-hydrogen) atoms. The number of carbonyl (C=O) groups excluding carboxylic acids is 2. The van der Waals surface area contributed by atoms with Crippen LogP contribution in [-0.4, -0.2) is 28.5 Å². The molecule has 9 nitrogen and oxygen atoms in total. The number of esters is 1. The molecule has 3 rings (SSSR count). The number of benzene rings is 1. The quantitative estimate of drug-likeness (QED) is 0.637. The number of hydrogen-bond donors (Lipinski definition) is 2. The Morgan fingerprint density at radius 2 is 2.00 bits per heavy atom. The van der Waals surface area contributed by atoms with Gasteiger partial charge in [-0.15, -0.1) is 0 Å². The van der Waals surface area contributed by atoms with Gasteiger partial charge in [-0.05, 0) is 18.2 Å². The van der Waals surface area contributed by atoms with Crippen molar-refractivity contribution in [2.45, 2.75) is 13.1 Å². The maximum atomic E-state index is 12.2. The summed E-state index contributed by atoms with van der Waals surface area (Å²) in [6, 6.07) is 7.92. The van der Waals surface area contributed by atoms with Crippen molar-refractivity contribution in [2.24, 2.45) is 0 Å². The number of amides is 1. The highest BCUT2D eigenvalue weighted by Crippen LogP contribution is 2.11. The molecule has 1 amide bonds. The van der Waals surface area contributed by atoms with Crippen LogP contribution in [0, 0.1) is 0 Å². The molecule has 0 saturated carbocycles. The van der Waals surface area contributed by atoms with Crippen LogP contribution in [0.3, 0.4) is 0 Å². The summed E-state index contributed by atoms with van der Waals surface area (Å²) in [7, 11) is 1.24. The zero-order valence-electron chi connectivity index (χ0n) is 13.8. The number of methoxy groups -OCH3 is 1. The third kappa shape index (κ3) is 3.27. The molecule has 3 aromatic rings. The first-order valence-electron chi connectivity index (χ1n) is 7.64. The summed E-state index contributed by atoms with van der Waals surface area (Å²) in [4.78, 5) is 49.9. The van der Waals surface area contributed by atoms with Crippen molar-refractivity contribution >= 4 is 22.8 Å². The van der Waals surface area contributed by atoms with Crippen molar-refractivity contribution in [1.82, 2.24) is 14.9 Å². The van der Waals surface area contributed by atoms with Gasteiger partial charge in [-0.3, -0.25) is 19.1 Å². The van der Waals surface area contributed by atoms with Crippen LogP contribution in [0.1, 0.15) is 16.1 Å². The topological polar surface area (TPSA) is 123 Å². The SMILES string of the molecule is COC(=O)c1ccoc1CNC(=O)Cn1c(=O)[nH]c(=O)c2ccccc21. The number of ether oxygens (including phenoxy) is 1. The molecule has 0 aliphatic rings. The first-order valence-corrected chi connectivity index (χ1v) is 7.64. The van der Waals surface area contributed by atoms with Crippen molar-refractivity contribution in [2.75, 3.05) is 7.11 Å². The van der Waals surface area contributed by atoms with Gasteiger partial charge in [-0.1, -0.05) is 12.1 Å². The molecule has 0 aliphatic heterocycles. The summed E-state index contributed by atoms with van der Waals surface area (Å²) >= 11 is 0. The fourth-order valence-electron chi connectivity index (χ4n) is 2.55. The van der Waals surface area contributed by atoms with Crippen molar-refractivity contribution in [3.05, 3.63) is 68.8 Å². The van der Waals surface area contributed by atoms with Gasteiger partial charge in [0.05, 0.1) is 30.8 Å². The molecule has 0 radical (unpaired) electrons. The minimum Gasteiger partial charge on any atom is -0.467 e. The maximum Gasteiger partial charge on any atom is 0.341 e. The molecule has 0 atom stereocenters. The van der Waals surface area contributed by atoms with Gasteiger partial charge in [0, 0.05) is 0 Å². The third-order valence-electron chi connectivity index (χ3n) is 3.80. The fraction of sp³-hybridized carbons (Fsp3) is 0.176. The van der Waals surface area contributed by atoms with Gasteiger partial charge in [-0.25, -0.2) is 9.59 Å². The Labute approximate surface area is 146 Å². The summed E-state index contributed by atoms with van der Waals surface area (Å²) in [5, 5.41) is 2.87. The molecule has 0 unspecified atom stereocenters. The summed E-state index contributed by atoms with van der Waals surface area (Å²) in [6.45, 7) is -0.351. The molecular formula is C17H15N3O6. The van der Waals surface area contributed by atoms with Crippen LogP contribution in [0.4, 0.5) is 0 Å². The summed E-state index contributed by atoms with van der Waals surface area (Å²) in [5.74, 6) is -0.828. The van der Waals surface area contributed by atoms with Crippen molar-refractivity contribution < 1.29 is 18.7 Å². The lowest BCUT2D eigenvalue weighted by atomic mass is 10.2. The molecule has 1 aromatic carbocycles. The van der Waals surface area contributed by atoms with E-state index >= 15 is 0 Å². The van der Waals surface area contributed by atoms with Gasteiger partial charge in [0.25, 0.3) is 5.56 Å². The highest BCUT2D eigenvalue weighted by Gasteiger charge is 2.16. The molecule has 0 spiro atoms. The van der Waals surface area contributed by atoms with Gasteiger partial charge in [0.1, 0.15) is 17.9 Å². The van der Waals surface area contributed by atoms with E-state index in [0.717, 1.165) is 4.57 Å². The number of aromatic amines is 1. The number of para-hydroxylation sites is 1. The van der Waals surface area contributed by atoms with E-state index in [1.165, 1.54) is 19.4 Å². The lowest BCUT2D eigenvalue weighted by Crippen LogP contribution is -2.36. The number of furan rings is 1.